The van der Waals surface area contributed by atoms with E-state index in [1.807, 2.05) is 6.07 Å². The van der Waals surface area contributed by atoms with E-state index in [1.54, 1.807) is 24.3 Å². The minimum absolute atomic E-state index is 0.0760. The molecule has 5 nitrogen and oxygen atoms in total. The molecular weight excluding hydrogens is 377 g/mol. The molecule has 134 valence electrons. The van der Waals surface area contributed by atoms with Crippen molar-refractivity contribution >= 4 is 27.4 Å². The van der Waals surface area contributed by atoms with E-state index < -0.39 is 33.9 Å². The van der Waals surface area contributed by atoms with Gasteiger partial charge in [-0.1, -0.05) is 41.7 Å². The maximum Gasteiger partial charge on any atom is 0.301 e. The van der Waals surface area contributed by atoms with Gasteiger partial charge in [-0.25, -0.2) is 22.5 Å². The van der Waals surface area contributed by atoms with E-state index >= 15 is 0 Å². The Morgan fingerprint density at radius 3 is 2.56 bits per heavy atom. The van der Waals surface area contributed by atoms with Crippen LogP contribution in [0.4, 0.5) is 13.2 Å². The van der Waals surface area contributed by atoms with Crippen molar-refractivity contribution in [2.24, 2.45) is 0 Å². The van der Waals surface area contributed by atoms with E-state index in [1.165, 1.54) is 12.4 Å². The van der Waals surface area contributed by atoms with Crippen LogP contribution in [0.3, 0.4) is 0 Å². The molecule has 0 amide bonds. The first-order valence-corrected chi connectivity index (χ1v) is 9.45. The van der Waals surface area contributed by atoms with Gasteiger partial charge in [0.15, 0.2) is 18.6 Å². The fraction of sp³-hybridized carbons (Fsp3) is 0.200. The maximum absolute atomic E-state index is 12.7. The van der Waals surface area contributed by atoms with Gasteiger partial charge in [0, 0.05) is 12.0 Å². The van der Waals surface area contributed by atoms with Crippen LogP contribution in [-0.2, 0) is 16.4 Å². The van der Waals surface area contributed by atoms with Crippen molar-refractivity contribution in [2.75, 3.05) is 5.75 Å². The third kappa shape index (κ3) is 5.68. The molecule has 2 rings (SSSR count). The summed E-state index contributed by atoms with van der Waals surface area (Å²) in [5.74, 6) is -2.59. The van der Waals surface area contributed by atoms with E-state index in [-0.39, 0.29) is 15.8 Å². The Bertz CT molecular complexity index is 890. The van der Waals surface area contributed by atoms with Crippen LogP contribution < -0.4 is 0 Å². The number of benzene rings is 1. The van der Waals surface area contributed by atoms with Gasteiger partial charge in [-0.2, -0.15) is 8.78 Å². The largest absolute Gasteiger partial charge is 0.624 e. The third-order valence-corrected chi connectivity index (χ3v) is 6.13. The van der Waals surface area contributed by atoms with Gasteiger partial charge in [0.2, 0.25) is 14.2 Å². The molecule has 0 spiro atoms. The second kappa shape index (κ2) is 8.26. The molecule has 0 bridgehead atoms. The molecule has 0 aliphatic heterocycles. The molecule has 0 radical (unpaired) electrons. The zero-order valence-electron chi connectivity index (χ0n) is 12.7. The number of hydrogen-bond donors (Lipinski definition) is 0. The second-order valence-electron chi connectivity index (χ2n) is 4.95. The molecule has 0 aliphatic rings. The van der Waals surface area contributed by atoms with Crippen molar-refractivity contribution < 1.29 is 26.3 Å². The Labute approximate surface area is 146 Å². The van der Waals surface area contributed by atoms with Crippen molar-refractivity contribution in [3.05, 3.63) is 64.1 Å². The van der Waals surface area contributed by atoms with Crippen molar-refractivity contribution in [1.82, 2.24) is 4.98 Å². The smallest absolute Gasteiger partial charge is 0.301 e. The number of nitrogens with zero attached hydrogens (tertiary/aromatic N) is 2. The second-order valence-corrected chi connectivity index (χ2v) is 8.30. The van der Waals surface area contributed by atoms with Crippen LogP contribution in [0.5, 0.6) is 0 Å². The van der Waals surface area contributed by atoms with E-state index in [9.17, 15) is 26.8 Å². The molecule has 0 saturated carbocycles. The van der Waals surface area contributed by atoms with E-state index in [4.69, 9.17) is 0 Å². The predicted molar refractivity (Wildman–Crippen MR) is 88.1 cm³/mol. The summed E-state index contributed by atoms with van der Waals surface area (Å²) in [7, 11) is -4.00. The standard InChI is InChI=1S/C15H13F3N2O3S2/c16-13(14(17)18)6-7-25(22,23)15-19-8-12(24-15)10-20(21)9-11-4-2-1-3-5-11/h1-5,8,10H,6-7,9H2/b20-10-. The highest BCUT2D eigenvalue weighted by molar-refractivity contribution is 7.93. The molecule has 25 heavy (non-hydrogen) atoms. The fourth-order valence-electron chi connectivity index (χ4n) is 1.83. The first-order valence-electron chi connectivity index (χ1n) is 6.99. The lowest BCUT2D eigenvalue weighted by molar-refractivity contribution is -0.469. The molecule has 0 atom stereocenters. The summed E-state index contributed by atoms with van der Waals surface area (Å²) in [6.07, 6.45) is -1.09. The monoisotopic (exact) mass is 390 g/mol. The molecular formula is C15H13F3N2O3S2. The lowest BCUT2D eigenvalue weighted by Crippen LogP contribution is -2.06. The average molecular weight is 390 g/mol. The Kier molecular flexibility index (Phi) is 6.32. The molecule has 1 heterocycles. The Morgan fingerprint density at radius 2 is 1.92 bits per heavy atom. The van der Waals surface area contributed by atoms with Gasteiger partial charge >= 0.3 is 6.08 Å². The van der Waals surface area contributed by atoms with Crippen LogP contribution >= 0.6 is 11.3 Å². The Balaban J connectivity index is 2.08. The van der Waals surface area contributed by atoms with Crippen LogP contribution in [0.15, 0.2) is 52.8 Å². The number of aromatic nitrogens is 1. The molecule has 2 aromatic rings. The van der Waals surface area contributed by atoms with Crippen LogP contribution in [0.1, 0.15) is 16.9 Å². The van der Waals surface area contributed by atoms with Crippen LogP contribution in [-0.4, -0.2) is 30.1 Å². The van der Waals surface area contributed by atoms with Gasteiger partial charge in [0.05, 0.1) is 11.9 Å². The summed E-state index contributed by atoms with van der Waals surface area (Å²) in [5, 5.41) is 11.9. The van der Waals surface area contributed by atoms with E-state index in [0.29, 0.717) is 16.1 Å². The zero-order chi connectivity index (χ0) is 18.4. The molecule has 0 fully saturated rings. The van der Waals surface area contributed by atoms with E-state index in [2.05, 4.69) is 4.98 Å². The molecule has 0 saturated heterocycles. The quantitative estimate of drug-likeness (QED) is 0.314. The van der Waals surface area contributed by atoms with Gasteiger partial charge in [0.25, 0.3) is 0 Å². The predicted octanol–water partition coefficient (Wildman–Crippen LogP) is 3.51. The maximum atomic E-state index is 12.7. The number of thiazole rings is 1. The van der Waals surface area contributed by atoms with Crippen LogP contribution in [0.2, 0.25) is 0 Å². The third-order valence-electron chi connectivity index (χ3n) is 3.02. The average Bonchev–Trinajstić information content (AvgIpc) is 3.02. The normalized spacial score (nSPS) is 12.2. The van der Waals surface area contributed by atoms with Gasteiger partial charge in [-0.05, 0) is 0 Å². The topological polar surface area (TPSA) is 73.1 Å². The summed E-state index contributed by atoms with van der Waals surface area (Å²) in [5.41, 5.74) is 0.779. The molecule has 10 heteroatoms. The number of hydroxylamine groups is 1. The highest BCUT2D eigenvalue weighted by atomic mass is 32.2. The lowest BCUT2D eigenvalue weighted by atomic mass is 10.2. The highest BCUT2D eigenvalue weighted by Crippen LogP contribution is 2.21. The number of sulfone groups is 1. The molecule has 1 aromatic carbocycles. The number of hydrogen-bond acceptors (Lipinski definition) is 5. The SMILES string of the molecule is O=S(=O)(CCC(F)=C(F)F)c1ncc(/C=[N+](\[O-])Cc2ccccc2)s1. The molecule has 0 aliphatic carbocycles. The van der Waals surface area contributed by atoms with Gasteiger partial charge in [0.1, 0.15) is 4.88 Å². The molecule has 1 aromatic heterocycles. The van der Waals surface area contributed by atoms with Crippen LogP contribution in [0, 0.1) is 5.21 Å². The minimum Gasteiger partial charge on any atom is -0.624 e. The van der Waals surface area contributed by atoms with E-state index in [0.717, 1.165) is 5.56 Å². The lowest BCUT2D eigenvalue weighted by Gasteiger charge is -2.02. The summed E-state index contributed by atoms with van der Waals surface area (Å²) in [6.45, 7) is 0.0760. The number of allylic oxidation sites excluding steroid dienone is 1. The number of halogens is 3. The summed E-state index contributed by atoms with van der Waals surface area (Å²) in [6, 6.07) is 8.93. The first kappa shape index (κ1) is 19.1. The molecule has 0 N–H and O–H groups in total. The first-order chi connectivity index (χ1) is 11.8. The fourth-order valence-corrected chi connectivity index (χ4v) is 4.30. The van der Waals surface area contributed by atoms with Gasteiger partial charge < -0.3 is 5.21 Å². The minimum atomic E-state index is -4.00. The Morgan fingerprint density at radius 1 is 1.24 bits per heavy atom. The highest BCUT2D eigenvalue weighted by Gasteiger charge is 2.21. The summed E-state index contributed by atoms with van der Waals surface area (Å²) < 4.78 is 60.9. The van der Waals surface area contributed by atoms with Crippen molar-refractivity contribution in [3.63, 3.8) is 0 Å². The zero-order valence-corrected chi connectivity index (χ0v) is 14.4. The van der Waals surface area contributed by atoms with Crippen molar-refractivity contribution in [2.45, 2.75) is 17.3 Å². The molecule has 0 unspecified atom stereocenters. The summed E-state index contributed by atoms with van der Waals surface area (Å²) in [4.78, 5) is 3.97. The number of rotatable bonds is 7. The van der Waals surface area contributed by atoms with Crippen molar-refractivity contribution in [1.29, 1.82) is 0 Å². The summed E-state index contributed by atoms with van der Waals surface area (Å²) >= 11 is 0.716. The van der Waals surface area contributed by atoms with Crippen molar-refractivity contribution in [3.8, 4) is 0 Å². The Hall–Kier alpha value is -2.20. The van der Waals surface area contributed by atoms with Gasteiger partial charge in [-0.3, -0.25) is 0 Å². The van der Waals surface area contributed by atoms with Gasteiger partial charge in [-0.15, -0.1) is 0 Å². The van der Waals surface area contributed by atoms with Crippen LogP contribution in [0.25, 0.3) is 0 Å².